The van der Waals surface area contributed by atoms with E-state index in [9.17, 15) is 0 Å². The molecule has 0 radical (unpaired) electrons. The molecule has 0 atom stereocenters. The molecule has 4 heteroatoms. The van der Waals surface area contributed by atoms with Gasteiger partial charge < -0.3 is 4.90 Å². The van der Waals surface area contributed by atoms with Crippen LogP contribution in [0.2, 0.25) is 0 Å². The van der Waals surface area contributed by atoms with E-state index in [0.717, 1.165) is 36.4 Å². The van der Waals surface area contributed by atoms with Crippen LogP contribution in [0.4, 0.5) is 5.82 Å². The van der Waals surface area contributed by atoms with Crippen molar-refractivity contribution in [3.63, 3.8) is 0 Å². The van der Waals surface area contributed by atoms with Gasteiger partial charge in [-0.15, -0.1) is 11.6 Å². The lowest BCUT2D eigenvalue weighted by atomic mass is 10.3. The van der Waals surface area contributed by atoms with E-state index in [2.05, 4.69) is 14.9 Å². The fourth-order valence-corrected chi connectivity index (χ4v) is 2.23. The van der Waals surface area contributed by atoms with Crippen molar-refractivity contribution in [1.29, 1.82) is 0 Å². The van der Waals surface area contributed by atoms with Crippen molar-refractivity contribution in [3.8, 4) is 0 Å². The summed E-state index contributed by atoms with van der Waals surface area (Å²) in [6.45, 7) is 2.30. The Balaban J connectivity index is 1.73. The lowest BCUT2D eigenvalue weighted by molar-refractivity contribution is 0.668. The first-order valence-corrected chi connectivity index (χ1v) is 7.00. The maximum atomic E-state index is 5.82. The third kappa shape index (κ3) is 3.09. The van der Waals surface area contributed by atoms with E-state index in [0.29, 0.717) is 5.88 Å². The van der Waals surface area contributed by atoms with E-state index in [-0.39, 0.29) is 0 Å². The molecule has 0 aromatic carbocycles. The summed E-state index contributed by atoms with van der Waals surface area (Å²) in [7, 11) is 0. The fraction of sp³-hybridized carbons (Fsp3) is 0.692. The Morgan fingerprint density at radius 1 is 1.12 bits per heavy atom. The SMILES string of the molecule is ClCc1cncc(N(CC2CC2)CC2CC2)n1. The normalized spacial score (nSPS) is 19.4. The molecule has 17 heavy (non-hydrogen) atoms. The first kappa shape index (κ1) is 11.3. The Kier molecular flexibility index (Phi) is 3.19. The summed E-state index contributed by atoms with van der Waals surface area (Å²) in [5.41, 5.74) is 0.876. The van der Waals surface area contributed by atoms with Crippen LogP contribution < -0.4 is 4.90 Å². The zero-order chi connectivity index (χ0) is 11.7. The molecule has 2 fully saturated rings. The molecule has 2 aliphatic carbocycles. The van der Waals surface area contributed by atoms with E-state index in [1.165, 1.54) is 25.7 Å². The van der Waals surface area contributed by atoms with Gasteiger partial charge in [0.1, 0.15) is 5.82 Å². The first-order chi connectivity index (χ1) is 8.35. The molecule has 0 amide bonds. The zero-order valence-corrected chi connectivity index (χ0v) is 10.7. The highest BCUT2D eigenvalue weighted by Gasteiger charge is 2.29. The molecule has 1 aromatic rings. The van der Waals surface area contributed by atoms with E-state index in [1.54, 1.807) is 6.20 Å². The minimum Gasteiger partial charge on any atom is -0.355 e. The minimum atomic E-state index is 0.446. The number of anilines is 1. The predicted molar refractivity (Wildman–Crippen MR) is 69.3 cm³/mol. The van der Waals surface area contributed by atoms with Crippen LogP contribution in [0.5, 0.6) is 0 Å². The molecule has 1 aromatic heterocycles. The van der Waals surface area contributed by atoms with Crippen LogP contribution >= 0.6 is 11.6 Å². The number of halogens is 1. The zero-order valence-electron chi connectivity index (χ0n) is 9.98. The van der Waals surface area contributed by atoms with Crippen molar-refractivity contribution < 1.29 is 0 Å². The van der Waals surface area contributed by atoms with E-state index in [4.69, 9.17) is 11.6 Å². The van der Waals surface area contributed by atoms with Gasteiger partial charge in [-0.05, 0) is 37.5 Å². The summed E-state index contributed by atoms with van der Waals surface area (Å²) in [4.78, 5) is 11.2. The van der Waals surface area contributed by atoms with Crippen LogP contribution in [-0.4, -0.2) is 23.1 Å². The van der Waals surface area contributed by atoms with Crippen LogP contribution in [-0.2, 0) is 5.88 Å². The van der Waals surface area contributed by atoms with Gasteiger partial charge in [0.2, 0.25) is 0 Å². The molecule has 0 aliphatic heterocycles. The number of hydrogen-bond donors (Lipinski definition) is 0. The van der Waals surface area contributed by atoms with Crippen LogP contribution in [0.25, 0.3) is 0 Å². The lowest BCUT2D eigenvalue weighted by Gasteiger charge is -2.23. The smallest absolute Gasteiger partial charge is 0.147 e. The second-order valence-corrected chi connectivity index (χ2v) is 5.56. The minimum absolute atomic E-state index is 0.446. The molecule has 0 saturated heterocycles. The lowest BCUT2D eigenvalue weighted by Crippen LogP contribution is -2.29. The van der Waals surface area contributed by atoms with Gasteiger partial charge in [-0.1, -0.05) is 0 Å². The second kappa shape index (κ2) is 4.81. The quantitative estimate of drug-likeness (QED) is 0.728. The number of nitrogens with zero attached hydrogens (tertiary/aromatic N) is 3. The molecule has 3 rings (SSSR count). The van der Waals surface area contributed by atoms with E-state index < -0.39 is 0 Å². The van der Waals surface area contributed by atoms with Crippen LogP contribution in [0, 0.1) is 11.8 Å². The van der Waals surface area contributed by atoms with Gasteiger partial charge in [0.05, 0.1) is 17.8 Å². The molecule has 0 bridgehead atoms. The Morgan fingerprint density at radius 2 is 1.76 bits per heavy atom. The number of rotatable bonds is 6. The monoisotopic (exact) mass is 251 g/mol. The highest BCUT2D eigenvalue weighted by atomic mass is 35.5. The van der Waals surface area contributed by atoms with Crippen molar-refractivity contribution >= 4 is 17.4 Å². The molecule has 0 N–H and O–H groups in total. The highest BCUT2D eigenvalue weighted by Crippen LogP contribution is 2.35. The standard InChI is InChI=1S/C13H18ClN3/c14-5-12-6-15-7-13(16-12)17(8-10-1-2-10)9-11-3-4-11/h6-7,10-11H,1-5,8-9H2. The summed E-state index contributed by atoms with van der Waals surface area (Å²) in [5.74, 6) is 3.23. The third-order valence-electron chi connectivity index (χ3n) is 3.48. The molecule has 0 unspecified atom stereocenters. The van der Waals surface area contributed by atoms with Gasteiger partial charge >= 0.3 is 0 Å². The van der Waals surface area contributed by atoms with Crippen molar-refractivity contribution in [2.75, 3.05) is 18.0 Å². The molecular weight excluding hydrogens is 234 g/mol. The second-order valence-electron chi connectivity index (χ2n) is 5.29. The van der Waals surface area contributed by atoms with E-state index >= 15 is 0 Å². The van der Waals surface area contributed by atoms with E-state index in [1.807, 2.05) is 6.20 Å². The van der Waals surface area contributed by atoms with Crippen LogP contribution in [0.1, 0.15) is 31.4 Å². The average Bonchev–Trinajstić information content (AvgIpc) is 3.23. The molecule has 0 spiro atoms. The molecule has 2 aliphatic rings. The summed E-state index contributed by atoms with van der Waals surface area (Å²) < 4.78 is 0. The highest BCUT2D eigenvalue weighted by molar-refractivity contribution is 6.16. The van der Waals surface area contributed by atoms with Gasteiger partial charge in [0.15, 0.2) is 0 Å². The predicted octanol–water partition coefficient (Wildman–Crippen LogP) is 2.84. The van der Waals surface area contributed by atoms with Crippen LogP contribution in [0.3, 0.4) is 0 Å². The maximum absolute atomic E-state index is 5.82. The van der Waals surface area contributed by atoms with Crippen molar-refractivity contribution in [2.45, 2.75) is 31.6 Å². The summed E-state index contributed by atoms with van der Waals surface area (Å²) in [5, 5.41) is 0. The summed E-state index contributed by atoms with van der Waals surface area (Å²) in [6.07, 6.45) is 9.14. The maximum Gasteiger partial charge on any atom is 0.147 e. The molecule has 92 valence electrons. The summed E-state index contributed by atoms with van der Waals surface area (Å²) >= 11 is 5.82. The molecule has 1 heterocycles. The Labute approximate surface area is 107 Å². The summed E-state index contributed by atoms with van der Waals surface area (Å²) in [6, 6.07) is 0. The number of aromatic nitrogens is 2. The number of hydrogen-bond acceptors (Lipinski definition) is 3. The first-order valence-electron chi connectivity index (χ1n) is 6.47. The number of alkyl halides is 1. The van der Waals surface area contributed by atoms with Gasteiger partial charge in [-0.25, -0.2) is 4.98 Å². The third-order valence-corrected chi connectivity index (χ3v) is 3.76. The van der Waals surface area contributed by atoms with Crippen molar-refractivity contribution in [2.24, 2.45) is 11.8 Å². The van der Waals surface area contributed by atoms with Crippen molar-refractivity contribution in [1.82, 2.24) is 9.97 Å². The topological polar surface area (TPSA) is 29.0 Å². The largest absolute Gasteiger partial charge is 0.355 e. The van der Waals surface area contributed by atoms with Crippen molar-refractivity contribution in [3.05, 3.63) is 18.1 Å². The van der Waals surface area contributed by atoms with Gasteiger partial charge in [-0.2, -0.15) is 0 Å². The molecular formula is C13H18ClN3. The Bertz CT molecular complexity index is 374. The average molecular weight is 252 g/mol. The Hall–Kier alpha value is -0.830. The van der Waals surface area contributed by atoms with Gasteiger partial charge in [0, 0.05) is 19.3 Å². The van der Waals surface area contributed by atoms with Crippen LogP contribution in [0.15, 0.2) is 12.4 Å². The molecule has 3 nitrogen and oxygen atoms in total. The Morgan fingerprint density at radius 3 is 2.29 bits per heavy atom. The van der Waals surface area contributed by atoms with Gasteiger partial charge in [0.25, 0.3) is 0 Å². The van der Waals surface area contributed by atoms with Gasteiger partial charge in [-0.3, -0.25) is 4.98 Å². The fourth-order valence-electron chi connectivity index (χ4n) is 2.10. The molecule has 2 saturated carbocycles.